The minimum absolute atomic E-state index is 0.0361. The van der Waals surface area contributed by atoms with Crippen molar-refractivity contribution in [3.8, 4) is 0 Å². The van der Waals surface area contributed by atoms with Gasteiger partial charge >= 0.3 is 19.8 Å². The van der Waals surface area contributed by atoms with Crippen LogP contribution in [0.2, 0.25) is 0 Å². The second kappa shape index (κ2) is 33.8. The Hall–Kier alpha value is -0.990. The van der Waals surface area contributed by atoms with Crippen LogP contribution in [0.25, 0.3) is 0 Å². The van der Waals surface area contributed by atoms with E-state index in [1.54, 1.807) is 0 Å². The Bertz CT molecular complexity index is 835. The van der Waals surface area contributed by atoms with E-state index in [0.29, 0.717) is 17.4 Å². The molecule has 1 unspecified atom stereocenters. The number of nitrogens with zero attached hydrogens (tertiary/aromatic N) is 1. The van der Waals surface area contributed by atoms with E-state index in [9.17, 15) is 19.0 Å². The van der Waals surface area contributed by atoms with Gasteiger partial charge in [-0.05, 0) is 12.8 Å². The van der Waals surface area contributed by atoms with Gasteiger partial charge in [0.15, 0.2) is 6.10 Å². The van der Waals surface area contributed by atoms with Gasteiger partial charge in [0, 0.05) is 12.8 Å². The Kier molecular flexibility index (Phi) is 33.2. The first kappa shape index (κ1) is 49.0. The van der Waals surface area contributed by atoms with Gasteiger partial charge in [0.1, 0.15) is 19.8 Å². The maximum absolute atomic E-state index is 12.6. The predicted octanol–water partition coefficient (Wildman–Crippen LogP) is 11.2. The van der Waals surface area contributed by atoms with Crippen molar-refractivity contribution >= 4 is 19.8 Å². The summed E-state index contributed by atoms with van der Waals surface area (Å²) in [4.78, 5) is 35.0. The maximum Gasteiger partial charge on any atom is 0.472 e. The number of carbonyl (C=O) groups is 2. The first-order chi connectivity index (χ1) is 24.0. The third kappa shape index (κ3) is 36.8. The number of ether oxygens (including phenoxy) is 2. The monoisotopic (exact) mass is 735 g/mol. The van der Waals surface area contributed by atoms with Crippen LogP contribution in [-0.2, 0) is 32.7 Å². The highest BCUT2D eigenvalue weighted by molar-refractivity contribution is 7.47. The van der Waals surface area contributed by atoms with Crippen molar-refractivity contribution in [1.82, 2.24) is 0 Å². The van der Waals surface area contributed by atoms with Gasteiger partial charge in [-0.1, -0.05) is 168 Å². The largest absolute Gasteiger partial charge is 0.472 e. The van der Waals surface area contributed by atoms with Crippen LogP contribution in [0.3, 0.4) is 0 Å². The molecule has 0 aliphatic carbocycles. The molecule has 0 saturated heterocycles. The lowest BCUT2D eigenvalue weighted by atomic mass is 10.0. The molecule has 1 N–H and O–H groups in total. The van der Waals surface area contributed by atoms with Crippen molar-refractivity contribution in [3.05, 3.63) is 0 Å². The molecule has 0 radical (unpaired) electrons. The van der Waals surface area contributed by atoms with Crippen molar-refractivity contribution in [1.29, 1.82) is 0 Å². The lowest BCUT2D eigenvalue weighted by Crippen LogP contribution is -2.37. The molecule has 0 aromatic heterocycles. The molecular weight excluding hydrogens is 653 g/mol. The number of esters is 2. The topological polar surface area (TPSA) is 108 Å². The van der Waals surface area contributed by atoms with Crippen molar-refractivity contribution in [2.75, 3.05) is 47.5 Å². The van der Waals surface area contributed by atoms with E-state index < -0.39 is 26.5 Å². The lowest BCUT2D eigenvalue weighted by molar-refractivity contribution is -0.870. The van der Waals surface area contributed by atoms with Crippen LogP contribution < -0.4 is 0 Å². The summed E-state index contributed by atoms with van der Waals surface area (Å²) in [5.74, 6) is -0.797. The van der Waals surface area contributed by atoms with Gasteiger partial charge < -0.3 is 18.9 Å². The average molecular weight is 735 g/mol. The standard InChI is InChI=1S/C40H80NO8P/c1-6-8-10-12-14-15-16-17-18-19-20-21-22-23-24-25-26-27-29-31-33-40(43)49-38(36-46-39(42)32-30-28-13-11-9-7-2)37-48-50(44,45)47-35-34-41(3,4)5/h38H,6-37H2,1-5H3/p+1/t38-/m1/s1. The molecule has 0 aromatic carbocycles. The molecule has 0 aromatic rings. The van der Waals surface area contributed by atoms with E-state index in [4.69, 9.17) is 18.5 Å². The number of carbonyl (C=O) groups excluding carboxylic acids is 2. The number of rotatable bonds is 38. The van der Waals surface area contributed by atoms with E-state index in [1.807, 2.05) is 21.1 Å². The fourth-order valence-electron chi connectivity index (χ4n) is 5.84. The molecule has 0 heterocycles. The molecule has 0 aliphatic heterocycles. The number of phosphoric acid groups is 1. The van der Waals surface area contributed by atoms with Gasteiger partial charge in [-0.3, -0.25) is 18.6 Å². The fraction of sp³-hybridized carbons (Fsp3) is 0.950. The van der Waals surface area contributed by atoms with Crippen LogP contribution >= 0.6 is 7.82 Å². The minimum Gasteiger partial charge on any atom is -0.462 e. The summed E-state index contributed by atoms with van der Waals surface area (Å²) >= 11 is 0. The van der Waals surface area contributed by atoms with Crippen LogP contribution in [-0.4, -0.2) is 74.9 Å². The van der Waals surface area contributed by atoms with E-state index >= 15 is 0 Å². The molecule has 2 atom stereocenters. The second-order valence-electron chi connectivity index (χ2n) is 15.4. The first-order valence-electron chi connectivity index (χ1n) is 20.8. The van der Waals surface area contributed by atoms with Gasteiger partial charge in [0.2, 0.25) is 0 Å². The van der Waals surface area contributed by atoms with Crippen LogP contribution in [0.4, 0.5) is 0 Å². The van der Waals surface area contributed by atoms with Gasteiger partial charge in [-0.25, -0.2) is 4.57 Å². The zero-order valence-electron chi connectivity index (χ0n) is 33.4. The number of unbranched alkanes of at least 4 members (excludes halogenated alkanes) is 24. The number of hydrogen-bond acceptors (Lipinski definition) is 7. The predicted molar refractivity (Wildman–Crippen MR) is 206 cm³/mol. The Labute approximate surface area is 308 Å². The highest BCUT2D eigenvalue weighted by Crippen LogP contribution is 2.43. The van der Waals surface area contributed by atoms with Crippen molar-refractivity contribution in [2.45, 2.75) is 200 Å². The molecular formula is C40H81NO8P+. The highest BCUT2D eigenvalue weighted by Gasteiger charge is 2.27. The number of likely N-dealkylation sites (N-methyl/N-ethyl adjacent to an activating group) is 1. The van der Waals surface area contributed by atoms with E-state index in [-0.39, 0.29) is 25.6 Å². The molecule has 298 valence electrons. The zero-order valence-corrected chi connectivity index (χ0v) is 34.3. The highest BCUT2D eigenvalue weighted by atomic mass is 31.2. The summed E-state index contributed by atoms with van der Waals surface area (Å²) < 4.78 is 34.1. The third-order valence-corrected chi connectivity index (χ3v) is 10.1. The van der Waals surface area contributed by atoms with E-state index in [0.717, 1.165) is 38.5 Å². The molecule has 50 heavy (non-hydrogen) atoms. The fourth-order valence-corrected chi connectivity index (χ4v) is 6.58. The van der Waals surface area contributed by atoms with Crippen LogP contribution in [0.15, 0.2) is 0 Å². The summed E-state index contributed by atoms with van der Waals surface area (Å²) in [5, 5.41) is 0. The Morgan fingerprint density at radius 3 is 1.28 bits per heavy atom. The quantitative estimate of drug-likeness (QED) is 0.0289. The Balaban J connectivity index is 4.16. The Morgan fingerprint density at radius 1 is 0.540 bits per heavy atom. The summed E-state index contributed by atoms with van der Waals surface area (Å²) in [6.45, 7) is 4.38. The minimum atomic E-state index is -4.35. The zero-order chi connectivity index (χ0) is 37.2. The molecule has 0 spiro atoms. The van der Waals surface area contributed by atoms with Crippen LogP contribution in [0, 0.1) is 0 Å². The molecule has 9 nitrogen and oxygen atoms in total. The molecule has 0 aliphatic rings. The Morgan fingerprint density at radius 2 is 0.900 bits per heavy atom. The molecule has 10 heteroatoms. The SMILES string of the molecule is CCCCCCCCCCCCCCCCCCCCCCC(=O)O[C@H](COC(=O)CCCCCCCC)COP(=O)(O)OCC[N+](C)(C)C. The normalized spacial score (nSPS) is 13.6. The second-order valence-corrected chi connectivity index (χ2v) is 16.8. The molecule has 0 bridgehead atoms. The third-order valence-electron chi connectivity index (χ3n) is 9.14. The van der Waals surface area contributed by atoms with Crippen LogP contribution in [0.5, 0.6) is 0 Å². The molecule has 0 fully saturated rings. The molecule has 0 amide bonds. The van der Waals surface area contributed by atoms with E-state index in [1.165, 1.54) is 128 Å². The van der Waals surface area contributed by atoms with Gasteiger partial charge in [-0.15, -0.1) is 0 Å². The maximum atomic E-state index is 12.6. The average Bonchev–Trinajstić information content (AvgIpc) is 3.06. The molecule has 0 saturated carbocycles. The number of phosphoric ester groups is 1. The lowest BCUT2D eigenvalue weighted by Gasteiger charge is -2.24. The first-order valence-corrected chi connectivity index (χ1v) is 22.3. The van der Waals surface area contributed by atoms with Gasteiger partial charge in [0.25, 0.3) is 0 Å². The summed E-state index contributed by atoms with van der Waals surface area (Å²) in [6, 6.07) is 0. The summed E-state index contributed by atoms with van der Waals surface area (Å²) in [5.41, 5.74) is 0. The van der Waals surface area contributed by atoms with Crippen molar-refractivity contribution in [2.24, 2.45) is 0 Å². The van der Waals surface area contributed by atoms with Gasteiger partial charge in [-0.2, -0.15) is 0 Å². The van der Waals surface area contributed by atoms with E-state index in [2.05, 4.69) is 13.8 Å². The summed E-state index contributed by atoms with van der Waals surface area (Å²) in [7, 11) is 1.49. The van der Waals surface area contributed by atoms with Crippen molar-refractivity contribution in [3.63, 3.8) is 0 Å². The van der Waals surface area contributed by atoms with Gasteiger partial charge in [0.05, 0.1) is 27.7 Å². The smallest absolute Gasteiger partial charge is 0.462 e. The number of quaternary nitrogens is 1. The summed E-state index contributed by atoms with van der Waals surface area (Å²) in [6.07, 6.45) is 31.8. The van der Waals surface area contributed by atoms with Crippen molar-refractivity contribution < 1.29 is 42.1 Å². The number of hydrogen-bond donors (Lipinski definition) is 1. The molecule has 0 rings (SSSR count). The van der Waals surface area contributed by atoms with Crippen LogP contribution in [0.1, 0.15) is 194 Å².